The van der Waals surface area contributed by atoms with E-state index in [2.05, 4.69) is 30.8 Å². The SMILES string of the molecule is Nc1nc2c(c(N3CCCC3c3nn4ccc(Br)c4c(=O)n3-c3ccccc3)n1)CCC2. The molecule has 8 nitrogen and oxygen atoms in total. The van der Waals surface area contributed by atoms with Gasteiger partial charge in [-0.15, -0.1) is 0 Å². The molecule has 4 aromatic rings. The van der Waals surface area contributed by atoms with Gasteiger partial charge in [0.15, 0.2) is 5.82 Å². The van der Waals surface area contributed by atoms with Gasteiger partial charge in [0.05, 0.1) is 21.9 Å². The Hall–Kier alpha value is -3.20. The number of para-hydroxylation sites is 1. The van der Waals surface area contributed by atoms with Gasteiger partial charge in [-0.2, -0.15) is 10.1 Å². The molecule has 0 spiro atoms. The van der Waals surface area contributed by atoms with Gasteiger partial charge in [0.2, 0.25) is 5.95 Å². The van der Waals surface area contributed by atoms with Crippen LogP contribution < -0.4 is 16.2 Å². The predicted molar refractivity (Wildman–Crippen MR) is 126 cm³/mol. The fraction of sp³-hybridized carbons (Fsp3) is 0.304. The zero-order valence-electron chi connectivity index (χ0n) is 17.4. The number of nitrogens with zero attached hydrogens (tertiary/aromatic N) is 6. The lowest BCUT2D eigenvalue weighted by atomic mass is 10.1. The maximum atomic E-state index is 13.7. The molecule has 1 aliphatic heterocycles. The van der Waals surface area contributed by atoms with Gasteiger partial charge in [0, 0.05) is 18.3 Å². The summed E-state index contributed by atoms with van der Waals surface area (Å²) in [5.41, 5.74) is 9.54. The zero-order chi connectivity index (χ0) is 21.8. The number of nitrogens with two attached hydrogens (primary N) is 1. The van der Waals surface area contributed by atoms with Crippen LogP contribution in [0.1, 0.15) is 42.4 Å². The third-order valence-electron chi connectivity index (χ3n) is 6.43. The molecular weight excluding hydrogens is 470 g/mol. The average molecular weight is 492 g/mol. The quantitative estimate of drug-likeness (QED) is 0.471. The summed E-state index contributed by atoms with van der Waals surface area (Å²) in [5, 5.41) is 4.94. The number of benzene rings is 1. The summed E-state index contributed by atoms with van der Waals surface area (Å²) in [4.78, 5) is 25.1. The number of fused-ring (bicyclic) bond motifs is 2. The van der Waals surface area contributed by atoms with Gasteiger partial charge in [0.1, 0.15) is 11.3 Å². The topological polar surface area (TPSA) is 94.3 Å². The van der Waals surface area contributed by atoms with Gasteiger partial charge >= 0.3 is 0 Å². The van der Waals surface area contributed by atoms with Crippen LogP contribution >= 0.6 is 15.9 Å². The van der Waals surface area contributed by atoms with E-state index in [0.717, 1.165) is 60.3 Å². The molecule has 1 saturated heterocycles. The van der Waals surface area contributed by atoms with Crippen molar-refractivity contribution in [3.63, 3.8) is 0 Å². The van der Waals surface area contributed by atoms with Crippen molar-refractivity contribution in [2.24, 2.45) is 0 Å². The summed E-state index contributed by atoms with van der Waals surface area (Å²) in [7, 11) is 0. The lowest BCUT2D eigenvalue weighted by Crippen LogP contribution is -2.34. The first kappa shape index (κ1) is 19.5. The van der Waals surface area contributed by atoms with Gasteiger partial charge in [0.25, 0.3) is 5.56 Å². The highest BCUT2D eigenvalue weighted by molar-refractivity contribution is 9.10. The Morgan fingerprint density at radius 2 is 1.91 bits per heavy atom. The molecule has 162 valence electrons. The lowest BCUT2D eigenvalue weighted by Gasteiger charge is -2.28. The monoisotopic (exact) mass is 491 g/mol. The van der Waals surface area contributed by atoms with Crippen molar-refractivity contribution < 1.29 is 0 Å². The van der Waals surface area contributed by atoms with E-state index in [1.54, 1.807) is 9.08 Å². The van der Waals surface area contributed by atoms with Crippen LogP contribution in [0.25, 0.3) is 11.2 Å². The Morgan fingerprint density at radius 3 is 2.75 bits per heavy atom. The molecule has 0 bridgehead atoms. The molecule has 2 aliphatic rings. The van der Waals surface area contributed by atoms with Crippen LogP contribution in [-0.4, -0.2) is 30.7 Å². The molecule has 1 unspecified atom stereocenters. The van der Waals surface area contributed by atoms with Crippen molar-refractivity contribution in [1.82, 2.24) is 24.1 Å². The highest BCUT2D eigenvalue weighted by Crippen LogP contribution is 2.39. The van der Waals surface area contributed by atoms with Crippen LogP contribution in [0.15, 0.2) is 51.9 Å². The van der Waals surface area contributed by atoms with Crippen molar-refractivity contribution in [1.29, 1.82) is 0 Å². The van der Waals surface area contributed by atoms with Crippen LogP contribution in [0.2, 0.25) is 0 Å². The van der Waals surface area contributed by atoms with Crippen molar-refractivity contribution in [2.75, 3.05) is 17.2 Å². The number of aryl methyl sites for hydroxylation is 1. The second kappa shape index (κ2) is 7.44. The molecule has 32 heavy (non-hydrogen) atoms. The smallest absolute Gasteiger partial charge is 0.283 e. The van der Waals surface area contributed by atoms with Gasteiger partial charge in [-0.3, -0.25) is 9.36 Å². The summed E-state index contributed by atoms with van der Waals surface area (Å²) in [6, 6.07) is 11.5. The van der Waals surface area contributed by atoms with Crippen LogP contribution in [0.5, 0.6) is 0 Å². The van der Waals surface area contributed by atoms with Crippen LogP contribution in [-0.2, 0) is 12.8 Å². The van der Waals surface area contributed by atoms with Crippen LogP contribution in [0, 0.1) is 0 Å². The molecule has 1 aromatic carbocycles. The van der Waals surface area contributed by atoms with Gasteiger partial charge in [-0.05, 0) is 66.2 Å². The van der Waals surface area contributed by atoms with E-state index < -0.39 is 0 Å². The lowest BCUT2D eigenvalue weighted by molar-refractivity contribution is 0.599. The average Bonchev–Trinajstić information content (AvgIpc) is 3.53. The first-order chi connectivity index (χ1) is 15.6. The van der Waals surface area contributed by atoms with Crippen molar-refractivity contribution in [2.45, 2.75) is 38.1 Å². The molecule has 6 rings (SSSR count). The maximum absolute atomic E-state index is 13.7. The van der Waals surface area contributed by atoms with Gasteiger partial charge < -0.3 is 10.6 Å². The Balaban J connectivity index is 1.58. The van der Waals surface area contributed by atoms with E-state index in [4.69, 9.17) is 10.8 Å². The molecule has 1 aliphatic carbocycles. The summed E-state index contributed by atoms with van der Waals surface area (Å²) in [6.45, 7) is 0.839. The molecular formula is C23H22BrN7O. The predicted octanol–water partition coefficient (Wildman–Crippen LogP) is 3.45. The summed E-state index contributed by atoms with van der Waals surface area (Å²) in [5.74, 6) is 1.91. The Morgan fingerprint density at radius 1 is 1.06 bits per heavy atom. The van der Waals surface area contributed by atoms with Crippen molar-refractivity contribution >= 4 is 33.2 Å². The molecule has 0 amide bonds. The number of rotatable bonds is 3. The second-order valence-electron chi connectivity index (χ2n) is 8.33. The third-order valence-corrected chi connectivity index (χ3v) is 7.07. The fourth-order valence-electron chi connectivity index (χ4n) is 5.05. The van der Waals surface area contributed by atoms with E-state index in [0.29, 0.717) is 17.3 Å². The first-order valence-corrected chi connectivity index (χ1v) is 11.7. The second-order valence-corrected chi connectivity index (χ2v) is 9.18. The fourth-order valence-corrected chi connectivity index (χ4v) is 5.52. The molecule has 2 N–H and O–H groups in total. The van der Waals surface area contributed by atoms with E-state index in [1.165, 1.54) is 5.56 Å². The number of hydrogen-bond acceptors (Lipinski definition) is 6. The Bertz CT molecular complexity index is 1400. The highest BCUT2D eigenvalue weighted by atomic mass is 79.9. The zero-order valence-corrected chi connectivity index (χ0v) is 19.0. The minimum Gasteiger partial charge on any atom is -0.368 e. The number of nitrogen functional groups attached to an aromatic ring is 1. The number of halogens is 1. The number of aromatic nitrogens is 5. The number of anilines is 2. The van der Waals surface area contributed by atoms with Crippen LogP contribution in [0.4, 0.5) is 11.8 Å². The van der Waals surface area contributed by atoms with Crippen molar-refractivity contribution in [3.05, 3.63) is 74.5 Å². The minimum absolute atomic E-state index is 0.0903. The summed E-state index contributed by atoms with van der Waals surface area (Å²) in [6.07, 6.45) is 6.64. The summed E-state index contributed by atoms with van der Waals surface area (Å²) >= 11 is 3.51. The molecule has 3 aromatic heterocycles. The Kier molecular flexibility index (Phi) is 4.53. The summed E-state index contributed by atoms with van der Waals surface area (Å²) < 4.78 is 4.15. The minimum atomic E-state index is -0.0997. The van der Waals surface area contributed by atoms with Crippen molar-refractivity contribution in [3.8, 4) is 5.69 Å². The molecule has 0 saturated carbocycles. The normalized spacial score (nSPS) is 17.9. The molecule has 1 atom stereocenters. The Labute approximate surface area is 192 Å². The molecule has 0 radical (unpaired) electrons. The first-order valence-electron chi connectivity index (χ1n) is 10.9. The van der Waals surface area contributed by atoms with Gasteiger partial charge in [-0.25, -0.2) is 9.50 Å². The standard InChI is InChI=1S/C23H22BrN7O/c24-16-11-13-30-19(16)22(32)31(14-6-2-1-3-7-14)21(28-30)18-10-5-12-29(18)20-15-8-4-9-17(15)26-23(25)27-20/h1-3,6-7,11,13,18H,4-5,8-10,12H2,(H2,25,26,27). The third kappa shape index (κ3) is 2.95. The molecule has 1 fully saturated rings. The van der Waals surface area contributed by atoms with Crippen LogP contribution in [0.3, 0.4) is 0 Å². The van der Waals surface area contributed by atoms with E-state index >= 15 is 0 Å². The molecule has 9 heteroatoms. The largest absolute Gasteiger partial charge is 0.368 e. The highest BCUT2D eigenvalue weighted by Gasteiger charge is 2.35. The molecule has 4 heterocycles. The van der Waals surface area contributed by atoms with E-state index in [-0.39, 0.29) is 11.6 Å². The van der Waals surface area contributed by atoms with Gasteiger partial charge in [-0.1, -0.05) is 18.2 Å². The maximum Gasteiger partial charge on any atom is 0.283 e. The van der Waals surface area contributed by atoms with E-state index in [1.807, 2.05) is 42.6 Å². The van der Waals surface area contributed by atoms with E-state index in [9.17, 15) is 4.79 Å². The number of hydrogen-bond donors (Lipinski definition) is 1.